The Labute approximate surface area is 117 Å². The fourth-order valence-electron chi connectivity index (χ4n) is 1.95. The molecule has 1 amide bonds. The molecular formula is C13H17BN2O4. The molecule has 0 bridgehead atoms. The summed E-state index contributed by atoms with van der Waals surface area (Å²) in [4.78, 5) is 16.7. The van der Waals surface area contributed by atoms with E-state index in [-0.39, 0.29) is 12.4 Å². The molecule has 0 saturated carbocycles. The molecule has 0 saturated heterocycles. The van der Waals surface area contributed by atoms with E-state index in [2.05, 4.69) is 10.5 Å². The molecule has 1 atom stereocenters. The van der Waals surface area contributed by atoms with E-state index < -0.39 is 13.2 Å². The maximum atomic E-state index is 11.6. The lowest BCUT2D eigenvalue weighted by molar-refractivity contribution is -0.130. The topological polar surface area (TPSA) is 91.2 Å². The summed E-state index contributed by atoms with van der Waals surface area (Å²) in [6, 6.07) is 10.0. The van der Waals surface area contributed by atoms with Crippen molar-refractivity contribution in [2.45, 2.75) is 25.4 Å². The van der Waals surface area contributed by atoms with Gasteiger partial charge in [0.25, 0.3) is 5.91 Å². The molecule has 0 fully saturated rings. The van der Waals surface area contributed by atoms with Crippen LogP contribution in [0.25, 0.3) is 0 Å². The van der Waals surface area contributed by atoms with E-state index >= 15 is 0 Å². The molecule has 0 aromatic heterocycles. The second-order valence-electron chi connectivity index (χ2n) is 4.67. The maximum Gasteiger partial charge on any atom is 0.472 e. The van der Waals surface area contributed by atoms with E-state index in [4.69, 9.17) is 14.9 Å². The second-order valence-corrected chi connectivity index (χ2v) is 4.67. The van der Waals surface area contributed by atoms with Crippen molar-refractivity contribution in [2.75, 3.05) is 6.44 Å². The Morgan fingerprint density at radius 1 is 1.35 bits per heavy atom. The third-order valence-corrected chi connectivity index (χ3v) is 3.03. The highest BCUT2D eigenvalue weighted by molar-refractivity contribution is 6.41. The molecule has 6 nitrogen and oxygen atoms in total. The first-order chi connectivity index (χ1) is 9.65. The summed E-state index contributed by atoms with van der Waals surface area (Å²) in [6.07, 6.45) is 1.17. The highest BCUT2D eigenvalue weighted by Gasteiger charge is 2.28. The van der Waals surface area contributed by atoms with Gasteiger partial charge in [0.1, 0.15) is 0 Å². The van der Waals surface area contributed by atoms with Crippen molar-refractivity contribution in [3.8, 4) is 0 Å². The molecule has 1 heterocycles. The Bertz CT molecular complexity index is 479. The van der Waals surface area contributed by atoms with Crippen LogP contribution in [0.1, 0.15) is 18.4 Å². The molecule has 106 valence electrons. The van der Waals surface area contributed by atoms with Gasteiger partial charge in [0.15, 0.2) is 0 Å². The summed E-state index contributed by atoms with van der Waals surface area (Å²) in [5.41, 5.74) is 2.06. The standard InChI is InChI=1S/C13H17BN2O4/c17-13(15-9-14(18)19)12-8-11(16-20-12)7-6-10-4-2-1-3-5-10/h1-5,12,18-19H,6-9H2,(H,15,17). The predicted molar refractivity (Wildman–Crippen MR) is 74.9 cm³/mol. The fourth-order valence-corrected chi connectivity index (χ4v) is 1.95. The molecule has 1 aromatic carbocycles. The number of rotatable bonds is 6. The Morgan fingerprint density at radius 2 is 2.10 bits per heavy atom. The van der Waals surface area contributed by atoms with Gasteiger partial charge in [-0.1, -0.05) is 35.5 Å². The van der Waals surface area contributed by atoms with Crippen molar-refractivity contribution < 1.29 is 19.7 Å². The molecule has 0 aliphatic carbocycles. The molecule has 1 aliphatic heterocycles. The highest BCUT2D eigenvalue weighted by atomic mass is 16.6. The zero-order valence-electron chi connectivity index (χ0n) is 11.0. The maximum absolute atomic E-state index is 11.6. The zero-order chi connectivity index (χ0) is 14.4. The van der Waals surface area contributed by atoms with Gasteiger partial charge in [-0.25, -0.2) is 0 Å². The number of hydrogen-bond acceptors (Lipinski definition) is 5. The highest BCUT2D eigenvalue weighted by Crippen LogP contribution is 2.15. The number of amides is 1. The number of hydrogen-bond donors (Lipinski definition) is 3. The van der Waals surface area contributed by atoms with Crippen LogP contribution in [0.15, 0.2) is 35.5 Å². The van der Waals surface area contributed by atoms with Gasteiger partial charge in [-0.3, -0.25) is 4.79 Å². The number of oxime groups is 1. The van der Waals surface area contributed by atoms with Crippen LogP contribution in [0.4, 0.5) is 0 Å². The molecule has 2 rings (SSSR count). The van der Waals surface area contributed by atoms with E-state index in [1.54, 1.807) is 0 Å². The molecule has 0 radical (unpaired) electrons. The fraction of sp³-hybridized carbons (Fsp3) is 0.385. The van der Waals surface area contributed by atoms with Crippen molar-refractivity contribution in [1.82, 2.24) is 5.32 Å². The molecule has 1 unspecified atom stereocenters. The lowest BCUT2D eigenvalue weighted by Gasteiger charge is -2.08. The summed E-state index contributed by atoms with van der Waals surface area (Å²) in [7, 11) is -1.56. The van der Waals surface area contributed by atoms with E-state index in [9.17, 15) is 4.79 Å². The third-order valence-electron chi connectivity index (χ3n) is 3.03. The lowest BCUT2D eigenvalue weighted by atomic mass is 9.92. The molecule has 3 N–H and O–H groups in total. The van der Waals surface area contributed by atoms with E-state index in [1.807, 2.05) is 30.3 Å². The van der Waals surface area contributed by atoms with Gasteiger partial charge in [0.05, 0.1) is 12.2 Å². The van der Waals surface area contributed by atoms with Crippen molar-refractivity contribution >= 4 is 18.7 Å². The van der Waals surface area contributed by atoms with Gasteiger partial charge < -0.3 is 20.2 Å². The van der Waals surface area contributed by atoms with Gasteiger partial charge >= 0.3 is 7.12 Å². The first kappa shape index (κ1) is 14.6. The Morgan fingerprint density at radius 3 is 2.80 bits per heavy atom. The number of carbonyl (C=O) groups is 1. The van der Waals surface area contributed by atoms with Gasteiger partial charge in [0.2, 0.25) is 6.10 Å². The number of carbonyl (C=O) groups excluding carboxylic acids is 1. The molecule has 7 heteroatoms. The monoisotopic (exact) mass is 276 g/mol. The minimum Gasteiger partial charge on any atom is -0.426 e. The van der Waals surface area contributed by atoms with Crippen molar-refractivity contribution in [1.29, 1.82) is 0 Å². The van der Waals surface area contributed by atoms with Gasteiger partial charge in [-0.2, -0.15) is 0 Å². The summed E-state index contributed by atoms with van der Waals surface area (Å²) in [5, 5.41) is 23.6. The van der Waals surface area contributed by atoms with Crippen molar-refractivity contribution in [3.63, 3.8) is 0 Å². The number of aryl methyl sites for hydroxylation is 1. The van der Waals surface area contributed by atoms with Crippen LogP contribution in [0.2, 0.25) is 0 Å². The van der Waals surface area contributed by atoms with Crippen LogP contribution in [0.5, 0.6) is 0 Å². The Balaban J connectivity index is 1.73. The van der Waals surface area contributed by atoms with Gasteiger partial charge in [-0.05, 0) is 18.4 Å². The minimum absolute atomic E-state index is 0.210. The zero-order valence-corrected chi connectivity index (χ0v) is 11.0. The van der Waals surface area contributed by atoms with Crippen molar-refractivity contribution in [3.05, 3.63) is 35.9 Å². The Hall–Kier alpha value is -1.86. The van der Waals surface area contributed by atoms with Crippen LogP contribution in [-0.2, 0) is 16.1 Å². The first-order valence-corrected chi connectivity index (χ1v) is 6.54. The quantitative estimate of drug-likeness (QED) is 0.632. The summed E-state index contributed by atoms with van der Waals surface area (Å²) < 4.78 is 0. The van der Waals surface area contributed by atoms with E-state index in [0.717, 1.165) is 18.6 Å². The van der Waals surface area contributed by atoms with Crippen LogP contribution in [0.3, 0.4) is 0 Å². The van der Waals surface area contributed by atoms with E-state index in [1.165, 1.54) is 5.56 Å². The van der Waals surface area contributed by atoms with Crippen molar-refractivity contribution in [2.24, 2.45) is 5.16 Å². The normalized spacial score (nSPS) is 17.3. The molecule has 0 spiro atoms. The SMILES string of the molecule is O=C(NCB(O)O)C1CC(CCc2ccccc2)=NO1. The van der Waals surface area contributed by atoms with Gasteiger partial charge in [-0.15, -0.1) is 0 Å². The first-order valence-electron chi connectivity index (χ1n) is 6.54. The summed E-state index contributed by atoms with van der Waals surface area (Å²) in [5.74, 6) is -0.378. The molecule has 1 aliphatic rings. The van der Waals surface area contributed by atoms with Crippen LogP contribution in [0, 0.1) is 0 Å². The smallest absolute Gasteiger partial charge is 0.426 e. The molecule has 1 aromatic rings. The van der Waals surface area contributed by atoms with Crippen LogP contribution < -0.4 is 5.32 Å². The summed E-state index contributed by atoms with van der Waals surface area (Å²) in [6.45, 7) is 0. The van der Waals surface area contributed by atoms with Crippen LogP contribution in [-0.4, -0.2) is 41.3 Å². The largest absolute Gasteiger partial charge is 0.472 e. The average molecular weight is 276 g/mol. The second kappa shape index (κ2) is 7.07. The third kappa shape index (κ3) is 4.36. The number of benzene rings is 1. The number of nitrogens with zero attached hydrogens (tertiary/aromatic N) is 1. The minimum atomic E-state index is -1.56. The predicted octanol–water partition coefficient (Wildman–Crippen LogP) is -0.108. The van der Waals surface area contributed by atoms with Gasteiger partial charge in [0, 0.05) is 6.42 Å². The Kier molecular flexibility index (Phi) is 5.14. The molecular weight excluding hydrogens is 259 g/mol. The van der Waals surface area contributed by atoms with E-state index in [0.29, 0.717) is 6.42 Å². The lowest BCUT2D eigenvalue weighted by Crippen LogP contribution is -2.40. The molecule has 20 heavy (non-hydrogen) atoms. The number of nitrogens with one attached hydrogen (secondary N) is 1. The average Bonchev–Trinajstić information content (AvgIpc) is 2.92. The summed E-state index contributed by atoms with van der Waals surface area (Å²) >= 11 is 0. The van der Waals surface area contributed by atoms with Crippen LogP contribution >= 0.6 is 0 Å².